The number of carbonyl (C=O) groups is 2. The van der Waals surface area contributed by atoms with E-state index in [1.807, 2.05) is 0 Å². The van der Waals surface area contributed by atoms with Gasteiger partial charge in [0.15, 0.2) is 0 Å². The van der Waals surface area contributed by atoms with Gasteiger partial charge in [-0.3, -0.25) is 9.59 Å². The molecule has 1 rings (SSSR count). The van der Waals surface area contributed by atoms with Gasteiger partial charge in [0.2, 0.25) is 11.8 Å². The van der Waals surface area contributed by atoms with Gasteiger partial charge in [-0.2, -0.15) is 0 Å². The van der Waals surface area contributed by atoms with E-state index in [9.17, 15) is 9.59 Å². The molecule has 6 heteroatoms. The van der Waals surface area contributed by atoms with E-state index in [1.165, 1.54) is 6.92 Å². The Morgan fingerprint density at radius 1 is 1.39 bits per heavy atom. The van der Waals surface area contributed by atoms with Gasteiger partial charge in [-0.05, 0) is 12.1 Å². The van der Waals surface area contributed by atoms with Crippen molar-refractivity contribution in [2.24, 2.45) is 5.73 Å². The first-order valence-corrected chi connectivity index (χ1v) is 5.59. The Balaban J connectivity index is 2.50. The number of carbonyl (C=O) groups excluding carboxylic acids is 2. The van der Waals surface area contributed by atoms with E-state index in [1.54, 1.807) is 24.3 Å². The molecule has 1 aromatic rings. The predicted octanol–water partition coefficient (Wildman–Crippen LogP) is 0.0987. The summed E-state index contributed by atoms with van der Waals surface area (Å²) >= 11 is 0. The Morgan fingerprint density at radius 3 is 2.83 bits per heavy atom. The third kappa shape index (κ3) is 5.31. The van der Waals surface area contributed by atoms with Crippen LogP contribution in [0.3, 0.4) is 0 Å². The van der Waals surface area contributed by atoms with Crippen LogP contribution in [0.5, 0.6) is 5.75 Å². The summed E-state index contributed by atoms with van der Waals surface area (Å²) in [4.78, 5) is 22.1. The second kappa shape index (κ2) is 7.29. The zero-order valence-corrected chi connectivity index (χ0v) is 10.2. The Labute approximate surface area is 105 Å². The number of hydrogen-bond donors (Lipinski definition) is 3. The Morgan fingerprint density at radius 2 is 2.17 bits per heavy atom. The van der Waals surface area contributed by atoms with Crippen LogP contribution in [0.2, 0.25) is 0 Å². The number of amides is 2. The molecule has 0 saturated heterocycles. The summed E-state index contributed by atoms with van der Waals surface area (Å²) < 4.78 is 5.33. The lowest BCUT2D eigenvalue weighted by Crippen LogP contribution is -2.31. The summed E-state index contributed by atoms with van der Waals surface area (Å²) in [7, 11) is 0. The molecule has 0 atom stereocenters. The monoisotopic (exact) mass is 251 g/mol. The third-order valence-electron chi connectivity index (χ3n) is 2.00. The number of rotatable bonds is 6. The summed E-state index contributed by atoms with van der Waals surface area (Å²) in [6.45, 7) is 2.15. The summed E-state index contributed by atoms with van der Waals surface area (Å²) in [5, 5.41) is 5.06. The van der Waals surface area contributed by atoms with Crippen LogP contribution in [0.15, 0.2) is 24.3 Å². The lowest BCUT2D eigenvalue weighted by atomic mass is 10.3. The Kier molecular flexibility index (Phi) is 5.66. The minimum absolute atomic E-state index is 0.0524. The van der Waals surface area contributed by atoms with Gasteiger partial charge < -0.3 is 21.1 Å². The maximum atomic E-state index is 11.5. The fraction of sp³-hybridized carbons (Fsp3) is 0.333. The summed E-state index contributed by atoms with van der Waals surface area (Å²) in [5.41, 5.74) is 5.94. The topological polar surface area (TPSA) is 93.5 Å². The molecular weight excluding hydrogens is 234 g/mol. The van der Waals surface area contributed by atoms with Gasteiger partial charge in [-0.15, -0.1) is 0 Å². The maximum Gasteiger partial charge on any atom is 0.243 e. The molecule has 18 heavy (non-hydrogen) atoms. The van der Waals surface area contributed by atoms with E-state index in [4.69, 9.17) is 10.5 Å². The second-order valence-electron chi connectivity index (χ2n) is 3.62. The molecule has 0 radical (unpaired) electrons. The van der Waals surface area contributed by atoms with Crippen LogP contribution in [0, 0.1) is 0 Å². The van der Waals surface area contributed by atoms with E-state index in [-0.39, 0.29) is 18.4 Å². The number of ether oxygens (including phenoxy) is 1. The highest BCUT2D eigenvalue weighted by atomic mass is 16.5. The Hall–Kier alpha value is -2.08. The van der Waals surface area contributed by atoms with Gasteiger partial charge in [0.25, 0.3) is 0 Å². The average molecular weight is 251 g/mol. The molecule has 0 aliphatic rings. The minimum atomic E-state index is -0.291. The molecule has 6 nitrogen and oxygen atoms in total. The highest BCUT2D eigenvalue weighted by molar-refractivity contribution is 5.94. The second-order valence-corrected chi connectivity index (χ2v) is 3.62. The third-order valence-corrected chi connectivity index (χ3v) is 2.00. The molecule has 2 amide bonds. The standard InChI is InChI=1S/C12H17N3O3/c1-9(16)14-8-12(17)15-10-3-2-4-11(7-10)18-6-5-13/h2-4,7H,5-6,8,13H2,1H3,(H,14,16)(H,15,17). The summed E-state index contributed by atoms with van der Waals surface area (Å²) in [6.07, 6.45) is 0. The van der Waals surface area contributed by atoms with Crippen LogP contribution >= 0.6 is 0 Å². The van der Waals surface area contributed by atoms with E-state index in [2.05, 4.69) is 10.6 Å². The van der Waals surface area contributed by atoms with Crippen LogP contribution < -0.4 is 21.1 Å². The van der Waals surface area contributed by atoms with Crippen molar-refractivity contribution in [1.29, 1.82) is 0 Å². The lowest BCUT2D eigenvalue weighted by Gasteiger charge is -2.08. The van der Waals surface area contributed by atoms with Crippen LogP contribution in [0.25, 0.3) is 0 Å². The molecule has 0 unspecified atom stereocenters. The molecule has 0 aromatic heterocycles. The minimum Gasteiger partial charge on any atom is -0.492 e. The van der Waals surface area contributed by atoms with Crippen molar-refractivity contribution in [1.82, 2.24) is 5.32 Å². The summed E-state index contributed by atoms with van der Waals surface area (Å²) in [6, 6.07) is 6.97. The lowest BCUT2D eigenvalue weighted by molar-refractivity contribution is -0.122. The van der Waals surface area contributed by atoms with Crippen molar-refractivity contribution in [3.63, 3.8) is 0 Å². The van der Waals surface area contributed by atoms with Crippen molar-refractivity contribution in [3.05, 3.63) is 24.3 Å². The smallest absolute Gasteiger partial charge is 0.243 e. The van der Waals surface area contributed by atoms with Crippen LogP contribution in [0.1, 0.15) is 6.92 Å². The highest BCUT2D eigenvalue weighted by Crippen LogP contribution is 2.16. The first-order valence-electron chi connectivity index (χ1n) is 5.59. The predicted molar refractivity (Wildman–Crippen MR) is 68.3 cm³/mol. The quantitative estimate of drug-likeness (QED) is 0.668. The van der Waals surface area contributed by atoms with Crippen LogP contribution in [0.4, 0.5) is 5.69 Å². The largest absolute Gasteiger partial charge is 0.492 e. The van der Waals surface area contributed by atoms with Gasteiger partial charge >= 0.3 is 0 Å². The van der Waals surface area contributed by atoms with Crippen LogP contribution in [-0.4, -0.2) is 31.5 Å². The van der Waals surface area contributed by atoms with E-state index < -0.39 is 0 Å². The van der Waals surface area contributed by atoms with Gasteiger partial charge in [0.05, 0.1) is 6.54 Å². The maximum absolute atomic E-state index is 11.5. The number of nitrogens with one attached hydrogen (secondary N) is 2. The molecule has 0 saturated carbocycles. The number of hydrogen-bond acceptors (Lipinski definition) is 4. The molecule has 0 aliphatic carbocycles. The van der Waals surface area contributed by atoms with E-state index >= 15 is 0 Å². The number of nitrogens with two attached hydrogens (primary N) is 1. The average Bonchev–Trinajstić information content (AvgIpc) is 2.34. The number of benzene rings is 1. The zero-order valence-electron chi connectivity index (χ0n) is 10.2. The van der Waals surface area contributed by atoms with E-state index in [0.29, 0.717) is 24.6 Å². The van der Waals surface area contributed by atoms with Crippen molar-refractivity contribution >= 4 is 17.5 Å². The van der Waals surface area contributed by atoms with Crippen molar-refractivity contribution in [2.75, 3.05) is 25.0 Å². The molecule has 0 aliphatic heterocycles. The van der Waals surface area contributed by atoms with Gasteiger partial charge in [0.1, 0.15) is 12.4 Å². The molecule has 1 aromatic carbocycles. The fourth-order valence-corrected chi connectivity index (χ4v) is 1.25. The SMILES string of the molecule is CC(=O)NCC(=O)Nc1cccc(OCCN)c1. The summed E-state index contributed by atoms with van der Waals surface area (Å²) in [5.74, 6) is 0.101. The normalized spacial score (nSPS) is 9.67. The fourth-order valence-electron chi connectivity index (χ4n) is 1.25. The highest BCUT2D eigenvalue weighted by Gasteiger charge is 2.03. The first-order chi connectivity index (χ1) is 8.61. The Bertz CT molecular complexity index is 421. The molecule has 0 bridgehead atoms. The molecule has 0 spiro atoms. The molecule has 0 fully saturated rings. The van der Waals surface area contributed by atoms with Crippen molar-refractivity contribution in [3.8, 4) is 5.75 Å². The van der Waals surface area contributed by atoms with Gasteiger partial charge in [-0.1, -0.05) is 6.07 Å². The van der Waals surface area contributed by atoms with Gasteiger partial charge in [-0.25, -0.2) is 0 Å². The zero-order chi connectivity index (χ0) is 13.4. The first kappa shape index (κ1) is 14.0. The van der Waals surface area contributed by atoms with Crippen LogP contribution in [-0.2, 0) is 9.59 Å². The van der Waals surface area contributed by atoms with Gasteiger partial charge in [0, 0.05) is 25.2 Å². The molecule has 98 valence electrons. The number of anilines is 1. The van der Waals surface area contributed by atoms with Crippen molar-refractivity contribution < 1.29 is 14.3 Å². The molecule has 4 N–H and O–H groups in total. The van der Waals surface area contributed by atoms with E-state index in [0.717, 1.165) is 0 Å². The van der Waals surface area contributed by atoms with Crippen molar-refractivity contribution in [2.45, 2.75) is 6.92 Å². The molecule has 0 heterocycles. The molecular formula is C12H17N3O3.